The van der Waals surface area contributed by atoms with Crippen molar-refractivity contribution in [3.63, 3.8) is 0 Å². The van der Waals surface area contributed by atoms with Crippen molar-refractivity contribution in [2.75, 3.05) is 18.1 Å². The monoisotopic (exact) mass is 218 g/mol. The van der Waals surface area contributed by atoms with E-state index in [1.54, 1.807) is 0 Å². The Morgan fingerprint density at radius 1 is 1.44 bits per heavy atom. The summed E-state index contributed by atoms with van der Waals surface area (Å²) in [6.45, 7) is 6.28. The molecule has 0 aliphatic carbocycles. The summed E-state index contributed by atoms with van der Waals surface area (Å²) in [6, 6.07) is 4.90. The third kappa shape index (κ3) is 1.59. The molecule has 1 aromatic heterocycles. The van der Waals surface area contributed by atoms with E-state index in [2.05, 4.69) is 35.9 Å². The van der Waals surface area contributed by atoms with E-state index in [1.807, 2.05) is 6.20 Å². The van der Waals surface area contributed by atoms with E-state index in [-0.39, 0.29) is 0 Å². The summed E-state index contributed by atoms with van der Waals surface area (Å²) in [4.78, 5) is 6.96. The van der Waals surface area contributed by atoms with Gasteiger partial charge in [0.1, 0.15) is 5.82 Å². The van der Waals surface area contributed by atoms with Gasteiger partial charge in [0.25, 0.3) is 0 Å². The van der Waals surface area contributed by atoms with Crippen LogP contribution in [-0.2, 0) is 4.74 Å². The normalized spacial score (nSPS) is 28.1. The summed E-state index contributed by atoms with van der Waals surface area (Å²) in [7, 11) is 0. The number of pyridine rings is 1. The molecule has 2 saturated heterocycles. The van der Waals surface area contributed by atoms with Crippen molar-refractivity contribution >= 4 is 5.82 Å². The van der Waals surface area contributed by atoms with Crippen LogP contribution in [0.3, 0.4) is 0 Å². The van der Waals surface area contributed by atoms with E-state index in [0.29, 0.717) is 18.1 Å². The van der Waals surface area contributed by atoms with Crippen LogP contribution in [0.4, 0.5) is 5.82 Å². The van der Waals surface area contributed by atoms with Gasteiger partial charge < -0.3 is 9.64 Å². The van der Waals surface area contributed by atoms with Gasteiger partial charge in [-0.15, -0.1) is 0 Å². The minimum atomic E-state index is 0.441. The second-order valence-electron chi connectivity index (χ2n) is 5.10. The van der Waals surface area contributed by atoms with Crippen molar-refractivity contribution in [1.82, 2.24) is 4.98 Å². The lowest BCUT2D eigenvalue weighted by Crippen LogP contribution is -2.37. The molecule has 0 radical (unpaired) electrons. The number of hydrogen-bond acceptors (Lipinski definition) is 3. The fourth-order valence-electron chi connectivity index (χ4n) is 2.59. The van der Waals surface area contributed by atoms with Crippen molar-refractivity contribution in [3.05, 3.63) is 23.9 Å². The Balaban J connectivity index is 1.80. The van der Waals surface area contributed by atoms with Crippen LogP contribution in [0.25, 0.3) is 0 Å². The molecule has 3 rings (SSSR count). The van der Waals surface area contributed by atoms with Crippen LogP contribution in [0.15, 0.2) is 18.3 Å². The summed E-state index contributed by atoms with van der Waals surface area (Å²) in [6.07, 6.45) is 3.62. The van der Waals surface area contributed by atoms with Crippen molar-refractivity contribution in [2.24, 2.45) is 0 Å². The van der Waals surface area contributed by atoms with Crippen molar-refractivity contribution in [1.29, 1.82) is 0 Å². The minimum absolute atomic E-state index is 0.441. The molecule has 2 unspecified atom stereocenters. The predicted molar refractivity (Wildman–Crippen MR) is 63.8 cm³/mol. The highest BCUT2D eigenvalue weighted by Gasteiger charge is 2.39. The molecule has 16 heavy (non-hydrogen) atoms. The number of rotatable bonds is 2. The van der Waals surface area contributed by atoms with Gasteiger partial charge in [0.2, 0.25) is 0 Å². The number of anilines is 1. The first-order chi connectivity index (χ1) is 7.74. The van der Waals surface area contributed by atoms with Gasteiger partial charge in [-0.1, -0.05) is 19.9 Å². The van der Waals surface area contributed by atoms with E-state index in [1.165, 1.54) is 12.0 Å². The predicted octanol–water partition coefficient (Wildman–Crippen LogP) is 2.18. The molecule has 1 aromatic rings. The van der Waals surface area contributed by atoms with Crippen LogP contribution < -0.4 is 4.90 Å². The first-order valence-electron chi connectivity index (χ1n) is 6.08. The quantitative estimate of drug-likeness (QED) is 0.760. The van der Waals surface area contributed by atoms with Crippen LogP contribution in [0.1, 0.15) is 31.7 Å². The van der Waals surface area contributed by atoms with Gasteiger partial charge in [-0.25, -0.2) is 4.98 Å². The van der Waals surface area contributed by atoms with Gasteiger partial charge in [0.15, 0.2) is 0 Å². The first kappa shape index (κ1) is 10.1. The summed E-state index contributed by atoms with van der Waals surface area (Å²) < 4.78 is 5.60. The van der Waals surface area contributed by atoms with E-state index in [4.69, 9.17) is 4.74 Å². The average Bonchev–Trinajstić information content (AvgIpc) is 2.91. The van der Waals surface area contributed by atoms with Crippen molar-refractivity contribution in [2.45, 2.75) is 38.3 Å². The Hall–Kier alpha value is -1.09. The smallest absolute Gasteiger partial charge is 0.128 e. The molecule has 0 saturated carbocycles. The molecular formula is C13H18N2O. The Kier molecular flexibility index (Phi) is 2.36. The minimum Gasteiger partial charge on any atom is -0.374 e. The maximum atomic E-state index is 5.60. The van der Waals surface area contributed by atoms with Gasteiger partial charge in [-0.2, -0.15) is 0 Å². The van der Waals surface area contributed by atoms with Crippen molar-refractivity contribution in [3.8, 4) is 0 Å². The van der Waals surface area contributed by atoms with Crippen molar-refractivity contribution < 1.29 is 4.74 Å². The molecule has 2 aliphatic heterocycles. The zero-order valence-electron chi connectivity index (χ0n) is 9.89. The molecule has 3 heteroatoms. The molecule has 0 N–H and O–H groups in total. The lowest BCUT2D eigenvalue weighted by Gasteiger charge is -2.28. The van der Waals surface area contributed by atoms with Crippen LogP contribution in [0.5, 0.6) is 0 Å². The van der Waals surface area contributed by atoms with E-state index in [0.717, 1.165) is 19.0 Å². The molecule has 86 valence electrons. The highest BCUT2D eigenvalue weighted by molar-refractivity contribution is 5.43. The number of hydrogen-bond donors (Lipinski definition) is 0. The van der Waals surface area contributed by atoms with Gasteiger partial charge in [0.05, 0.1) is 18.8 Å². The number of fused-ring (bicyclic) bond motifs is 2. The molecular weight excluding hydrogens is 200 g/mol. The molecule has 0 aromatic carbocycles. The second kappa shape index (κ2) is 3.74. The van der Waals surface area contributed by atoms with Gasteiger partial charge in [-0.05, 0) is 24.0 Å². The lowest BCUT2D eigenvalue weighted by atomic mass is 10.1. The SMILES string of the molecule is CC(C)c1ccc(N2CC3CC2CO3)nc1. The summed E-state index contributed by atoms with van der Waals surface area (Å²) in [5.74, 6) is 1.67. The number of aromatic nitrogens is 1. The fraction of sp³-hybridized carbons (Fsp3) is 0.615. The van der Waals surface area contributed by atoms with Gasteiger partial charge in [-0.3, -0.25) is 0 Å². The first-order valence-corrected chi connectivity index (χ1v) is 6.08. The topological polar surface area (TPSA) is 25.4 Å². The highest BCUT2D eigenvalue weighted by Crippen LogP contribution is 2.31. The Bertz CT molecular complexity index is 374. The Labute approximate surface area is 96.4 Å². The van der Waals surface area contributed by atoms with Crippen LogP contribution >= 0.6 is 0 Å². The zero-order valence-corrected chi connectivity index (χ0v) is 9.89. The average molecular weight is 218 g/mol. The van der Waals surface area contributed by atoms with E-state index >= 15 is 0 Å². The maximum Gasteiger partial charge on any atom is 0.128 e. The van der Waals surface area contributed by atoms with Crippen LogP contribution in [-0.4, -0.2) is 30.3 Å². The molecule has 2 atom stereocenters. The molecule has 2 aliphatic rings. The molecule has 0 spiro atoms. The standard InChI is InChI=1S/C13H18N2O/c1-9(2)10-3-4-13(14-6-10)15-7-12-5-11(15)8-16-12/h3-4,6,9,11-12H,5,7-8H2,1-2H3. The van der Waals surface area contributed by atoms with Crippen LogP contribution in [0.2, 0.25) is 0 Å². The molecule has 2 bridgehead atoms. The summed E-state index contributed by atoms with van der Waals surface area (Å²) in [5, 5.41) is 0. The van der Waals surface area contributed by atoms with Crippen LogP contribution in [0, 0.1) is 0 Å². The second-order valence-corrected chi connectivity index (χ2v) is 5.10. The summed E-state index contributed by atoms with van der Waals surface area (Å²) >= 11 is 0. The zero-order chi connectivity index (χ0) is 11.1. The maximum absolute atomic E-state index is 5.60. The fourth-order valence-corrected chi connectivity index (χ4v) is 2.59. The molecule has 2 fully saturated rings. The van der Waals surface area contributed by atoms with Gasteiger partial charge in [0, 0.05) is 12.7 Å². The number of ether oxygens (including phenoxy) is 1. The molecule has 3 nitrogen and oxygen atoms in total. The van der Waals surface area contributed by atoms with E-state index < -0.39 is 0 Å². The molecule has 3 heterocycles. The molecule has 0 amide bonds. The summed E-state index contributed by atoms with van der Waals surface area (Å²) in [5.41, 5.74) is 1.31. The number of morpholine rings is 1. The van der Waals surface area contributed by atoms with Gasteiger partial charge >= 0.3 is 0 Å². The van der Waals surface area contributed by atoms with E-state index in [9.17, 15) is 0 Å². The Morgan fingerprint density at radius 2 is 2.31 bits per heavy atom. The largest absolute Gasteiger partial charge is 0.374 e. The third-order valence-corrected chi connectivity index (χ3v) is 3.63. The number of nitrogens with zero attached hydrogens (tertiary/aromatic N) is 2. The lowest BCUT2D eigenvalue weighted by molar-refractivity contribution is 0.0989. The highest BCUT2D eigenvalue weighted by atomic mass is 16.5. The Morgan fingerprint density at radius 3 is 2.81 bits per heavy atom. The third-order valence-electron chi connectivity index (χ3n) is 3.63.